The van der Waals surface area contributed by atoms with Gasteiger partial charge < -0.3 is 4.90 Å². The van der Waals surface area contributed by atoms with Gasteiger partial charge in [-0.15, -0.1) is 11.6 Å². The number of nitrogens with zero attached hydrogens (tertiary/aromatic N) is 1. The van der Waals surface area contributed by atoms with Crippen molar-refractivity contribution < 1.29 is 4.79 Å². The molecule has 0 radical (unpaired) electrons. The second-order valence-corrected chi connectivity index (χ2v) is 4.45. The van der Waals surface area contributed by atoms with Crippen LogP contribution < -0.4 is 4.90 Å². The molecule has 0 saturated heterocycles. The van der Waals surface area contributed by atoms with Gasteiger partial charge in [-0.2, -0.15) is 0 Å². The molecule has 0 aliphatic heterocycles. The summed E-state index contributed by atoms with van der Waals surface area (Å²) in [6.07, 6.45) is 2.05. The number of benzene rings is 1. The predicted molar refractivity (Wildman–Crippen MR) is 69.0 cm³/mol. The van der Waals surface area contributed by atoms with Crippen molar-refractivity contribution in [2.24, 2.45) is 0 Å². The minimum atomic E-state index is -0.475. The molecule has 1 aromatic carbocycles. The molecule has 0 bridgehead atoms. The Morgan fingerprint density at radius 2 is 2.00 bits per heavy atom. The number of hydrogen-bond donors (Lipinski definition) is 0. The maximum Gasteiger partial charge on any atom is 0.244 e. The number of anilines is 1. The van der Waals surface area contributed by atoms with Gasteiger partial charge >= 0.3 is 0 Å². The lowest BCUT2D eigenvalue weighted by Crippen LogP contribution is -2.36. The molecule has 0 spiro atoms. The number of rotatable bonds is 5. The van der Waals surface area contributed by atoms with Gasteiger partial charge in [-0.25, -0.2) is 0 Å². The second kappa shape index (κ2) is 6.54. The summed E-state index contributed by atoms with van der Waals surface area (Å²) in [5.41, 5.74) is 0.924. The van der Waals surface area contributed by atoms with Crippen molar-refractivity contribution in [1.29, 1.82) is 0 Å². The molecular formula is C13H18ClNO. The van der Waals surface area contributed by atoms with Crippen LogP contribution in [0.3, 0.4) is 0 Å². The molecule has 1 rings (SSSR count). The summed E-state index contributed by atoms with van der Waals surface area (Å²) in [6.45, 7) is 4.56. The van der Waals surface area contributed by atoms with Gasteiger partial charge in [0.15, 0.2) is 0 Å². The molecule has 0 aliphatic rings. The standard InChI is InChI=1S/C13H18ClNO/c1-3-4-10-15(13(16)11(2)14)12-8-6-5-7-9-12/h5-9,11H,3-4,10H2,1-2H3/t11-/m1/s1. The highest BCUT2D eigenvalue weighted by Crippen LogP contribution is 2.16. The van der Waals surface area contributed by atoms with E-state index in [0.29, 0.717) is 0 Å². The van der Waals surface area contributed by atoms with Gasteiger partial charge in [-0.3, -0.25) is 4.79 Å². The molecule has 2 nitrogen and oxygen atoms in total. The van der Waals surface area contributed by atoms with Crippen LogP contribution >= 0.6 is 11.6 Å². The fraction of sp³-hybridized carbons (Fsp3) is 0.462. The van der Waals surface area contributed by atoms with E-state index in [9.17, 15) is 4.79 Å². The topological polar surface area (TPSA) is 20.3 Å². The fourth-order valence-electron chi connectivity index (χ4n) is 1.51. The Bertz CT molecular complexity index is 324. The molecular weight excluding hydrogens is 222 g/mol. The molecule has 1 amide bonds. The first kappa shape index (κ1) is 13.0. The van der Waals surface area contributed by atoms with E-state index in [1.807, 2.05) is 30.3 Å². The molecule has 3 heteroatoms. The Morgan fingerprint density at radius 3 is 2.50 bits per heavy atom. The maximum absolute atomic E-state index is 11.9. The molecule has 0 aromatic heterocycles. The number of amides is 1. The Morgan fingerprint density at radius 1 is 1.38 bits per heavy atom. The van der Waals surface area contributed by atoms with E-state index in [1.54, 1.807) is 11.8 Å². The van der Waals surface area contributed by atoms with Crippen molar-refractivity contribution in [3.63, 3.8) is 0 Å². The van der Waals surface area contributed by atoms with Gasteiger partial charge in [0, 0.05) is 12.2 Å². The third-order valence-electron chi connectivity index (χ3n) is 2.41. The van der Waals surface area contributed by atoms with Crippen molar-refractivity contribution in [2.75, 3.05) is 11.4 Å². The van der Waals surface area contributed by atoms with Crippen LogP contribution in [0.4, 0.5) is 5.69 Å². The first-order chi connectivity index (χ1) is 7.66. The summed E-state index contributed by atoms with van der Waals surface area (Å²) in [5, 5.41) is -0.475. The van der Waals surface area contributed by atoms with E-state index in [4.69, 9.17) is 11.6 Å². The Balaban J connectivity index is 2.83. The van der Waals surface area contributed by atoms with Crippen LogP contribution in [0.1, 0.15) is 26.7 Å². The number of para-hydroxylation sites is 1. The van der Waals surface area contributed by atoms with E-state index in [-0.39, 0.29) is 5.91 Å². The van der Waals surface area contributed by atoms with Gasteiger partial charge in [0.2, 0.25) is 5.91 Å². The smallest absolute Gasteiger partial charge is 0.244 e. The summed E-state index contributed by atoms with van der Waals surface area (Å²) in [4.78, 5) is 13.7. The Kier molecular flexibility index (Phi) is 5.33. The van der Waals surface area contributed by atoms with Crippen LogP contribution in [0.15, 0.2) is 30.3 Å². The molecule has 0 unspecified atom stereocenters. The lowest BCUT2D eigenvalue weighted by atomic mass is 10.2. The quantitative estimate of drug-likeness (QED) is 0.721. The molecule has 0 N–H and O–H groups in total. The number of unbranched alkanes of at least 4 members (excludes halogenated alkanes) is 1. The second-order valence-electron chi connectivity index (χ2n) is 3.79. The van der Waals surface area contributed by atoms with Crippen LogP contribution in [0.2, 0.25) is 0 Å². The van der Waals surface area contributed by atoms with Crippen molar-refractivity contribution in [3.8, 4) is 0 Å². The Labute approximate surface area is 102 Å². The summed E-state index contributed by atoms with van der Waals surface area (Å²) < 4.78 is 0. The zero-order valence-electron chi connectivity index (χ0n) is 9.82. The average molecular weight is 240 g/mol. The predicted octanol–water partition coefficient (Wildman–Crippen LogP) is 3.45. The highest BCUT2D eigenvalue weighted by molar-refractivity contribution is 6.32. The van der Waals surface area contributed by atoms with Crippen LogP contribution in [0, 0.1) is 0 Å². The van der Waals surface area contributed by atoms with Crippen LogP contribution in [-0.2, 0) is 4.79 Å². The average Bonchev–Trinajstić information content (AvgIpc) is 2.30. The number of hydrogen-bond acceptors (Lipinski definition) is 1. The number of halogens is 1. The van der Waals surface area contributed by atoms with E-state index in [0.717, 1.165) is 25.1 Å². The van der Waals surface area contributed by atoms with E-state index >= 15 is 0 Å². The van der Waals surface area contributed by atoms with Crippen molar-refractivity contribution in [1.82, 2.24) is 0 Å². The SMILES string of the molecule is CCCCN(C(=O)[C@@H](C)Cl)c1ccccc1. The molecule has 0 fully saturated rings. The third kappa shape index (κ3) is 3.53. The van der Waals surface area contributed by atoms with Crippen molar-refractivity contribution >= 4 is 23.2 Å². The zero-order valence-corrected chi connectivity index (χ0v) is 10.6. The largest absolute Gasteiger partial charge is 0.311 e. The van der Waals surface area contributed by atoms with Gasteiger partial charge in [-0.1, -0.05) is 31.5 Å². The Hall–Kier alpha value is -1.02. The highest BCUT2D eigenvalue weighted by Gasteiger charge is 2.19. The van der Waals surface area contributed by atoms with E-state index in [2.05, 4.69) is 6.92 Å². The first-order valence-corrected chi connectivity index (χ1v) is 6.11. The minimum absolute atomic E-state index is 0.0266. The van der Waals surface area contributed by atoms with Crippen LogP contribution in [0.5, 0.6) is 0 Å². The summed E-state index contributed by atoms with van der Waals surface area (Å²) >= 11 is 5.86. The molecule has 16 heavy (non-hydrogen) atoms. The van der Waals surface area contributed by atoms with Gasteiger partial charge in [-0.05, 0) is 25.5 Å². The highest BCUT2D eigenvalue weighted by atomic mass is 35.5. The van der Waals surface area contributed by atoms with Gasteiger partial charge in [0.1, 0.15) is 5.38 Å². The molecule has 88 valence electrons. The monoisotopic (exact) mass is 239 g/mol. The van der Waals surface area contributed by atoms with Gasteiger partial charge in [0.25, 0.3) is 0 Å². The number of carbonyl (C=O) groups excluding carboxylic acids is 1. The number of alkyl halides is 1. The van der Waals surface area contributed by atoms with E-state index < -0.39 is 5.38 Å². The van der Waals surface area contributed by atoms with Crippen molar-refractivity contribution in [3.05, 3.63) is 30.3 Å². The fourth-order valence-corrected chi connectivity index (χ4v) is 1.62. The molecule has 0 saturated carbocycles. The van der Waals surface area contributed by atoms with Crippen LogP contribution in [0.25, 0.3) is 0 Å². The minimum Gasteiger partial charge on any atom is -0.311 e. The van der Waals surface area contributed by atoms with E-state index in [1.165, 1.54) is 0 Å². The zero-order chi connectivity index (χ0) is 12.0. The third-order valence-corrected chi connectivity index (χ3v) is 2.60. The maximum atomic E-state index is 11.9. The molecule has 0 aliphatic carbocycles. The molecule has 1 aromatic rings. The lowest BCUT2D eigenvalue weighted by Gasteiger charge is -2.23. The summed E-state index contributed by atoms with van der Waals surface area (Å²) in [6, 6.07) is 9.68. The van der Waals surface area contributed by atoms with Crippen molar-refractivity contribution in [2.45, 2.75) is 32.1 Å². The summed E-state index contributed by atoms with van der Waals surface area (Å²) in [5.74, 6) is -0.0266. The van der Waals surface area contributed by atoms with Crippen LogP contribution in [-0.4, -0.2) is 17.8 Å². The molecule has 1 atom stereocenters. The first-order valence-electron chi connectivity index (χ1n) is 5.67. The number of carbonyl (C=O) groups is 1. The lowest BCUT2D eigenvalue weighted by molar-refractivity contribution is -0.118. The van der Waals surface area contributed by atoms with Gasteiger partial charge in [0.05, 0.1) is 0 Å². The normalized spacial score (nSPS) is 12.2. The summed E-state index contributed by atoms with van der Waals surface area (Å²) in [7, 11) is 0. The molecule has 0 heterocycles.